The lowest BCUT2D eigenvalue weighted by atomic mass is 9.88. The third kappa shape index (κ3) is 5.59. The highest BCUT2D eigenvalue weighted by molar-refractivity contribution is 5.90. The van der Waals surface area contributed by atoms with Gasteiger partial charge in [0.2, 0.25) is 17.7 Å². The van der Waals surface area contributed by atoms with E-state index < -0.39 is 5.54 Å². The molecule has 2 N–H and O–H groups in total. The molecular weight excluding hydrogens is 416 g/mol. The van der Waals surface area contributed by atoms with Crippen molar-refractivity contribution in [2.24, 2.45) is 0 Å². The molecule has 0 spiro atoms. The number of carbonyl (C=O) groups excluding carboxylic acids is 3. The summed E-state index contributed by atoms with van der Waals surface area (Å²) in [7, 11) is 0. The van der Waals surface area contributed by atoms with Crippen molar-refractivity contribution in [1.82, 2.24) is 15.2 Å². The number of amides is 3. The lowest BCUT2D eigenvalue weighted by Gasteiger charge is -2.35. The average Bonchev–Trinajstić information content (AvgIpc) is 2.96. The van der Waals surface area contributed by atoms with Crippen LogP contribution in [0.1, 0.15) is 57.4 Å². The van der Waals surface area contributed by atoms with Crippen molar-refractivity contribution in [3.8, 4) is 0 Å². The highest BCUT2D eigenvalue weighted by Gasteiger charge is 2.52. The molecular formula is C26H32N4O3. The minimum absolute atomic E-state index is 0.0208. The molecule has 2 fully saturated rings. The fourth-order valence-corrected chi connectivity index (χ4v) is 5.32. The molecule has 3 atom stereocenters. The van der Waals surface area contributed by atoms with Gasteiger partial charge in [-0.1, -0.05) is 36.4 Å². The lowest BCUT2D eigenvalue weighted by Crippen LogP contribution is -2.54. The van der Waals surface area contributed by atoms with Gasteiger partial charge in [-0.05, 0) is 56.7 Å². The molecule has 3 heterocycles. The number of benzene rings is 1. The zero-order valence-electron chi connectivity index (χ0n) is 19.1. The van der Waals surface area contributed by atoms with Crippen LogP contribution in [0.3, 0.4) is 0 Å². The standard InChI is InChI=1S/C26H32N4O3/c1-26-18-20(17-19-9-3-2-4-10-19)30(21(26)11-7-14-24(32)29-26)25(33)15-8-13-23(31)28-22-12-5-6-16-27-22/h2-6,9-10,12,16,20-21H,7-8,11,13-15,17-18H2,1H3,(H,29,32)(H,27,28,31)/t20-,21+,26+/m1/s1. The smallest absolute Gasteiger partial charge is 0.225 e. The quantitative estimate of drug-likeness (QED) is 0.679. The van der Waals surface area contributed by atoms with E-state index in [1.807, 2.05) is 29.2 Å². The Morgan fingerprint density at radius 3 is 2.70 bits per heavy atom. The van der Waals surface area contributed by atoms with Crippen LogP contribution in [-0.4, -0.2) is 45.2 Å². The molecule has 1 aromatic heterocycles. The Morgan fingerprint density at radius 2 is 1.94 bits per heavy atom. The molecule has 2 saturated heterocycles. The summed E-state index contributed by atoms with van der Waals surface area (Å²) in [6, 6.07) is 15.5. The van der Waals surface area contributed by atoms with Crippen molar-refractivity contribution in [2.45, 2.75) is 75.9 Å². The summed E-state index contributed by atoms with van der Waals surface area (Å²) < 4.78 is 0. The highest BCUT2D eigenvalue weighted by Crippen LogP contribution is 2.39. The van der Waals surface area contributed by atoms with E-state index in [1.165, 1.54) is 5.56 Å². The number of fused-ring (bicyclic) bond motifs is 1. The summed E-state index contributed by atoms with van der Waals surface area (Å²) in [5, 5.41) is 5.98. The second kappa shape index (κ2) is 10.1. The van der Waals surface area contributed by atoms with Crippen molar-refractivity contribution < 1.29 is 14.4 Å². The van der Waals surface area contributed by atoms with Crippen molar-refractivity contribution in [2.75, 3.05) is 5.32 Å². The molecule has 1 aromatic carbocycles. The molecule has 174 valence electrons. The monoisotopic (exact) mass is 448 g/mol. The molecule has 0 bridgehead atoms. The second-order valence-corrected chi connectivity index (χ2v) is 9.34. The molecule has 0 unspecified atom stereocenters. The molecule has 0 aliphatic carbocycles. The van der Waals surface area contributed by atoms with Gasteiger partial charge in [-0.2, -0.15) is 0 Å². The van der Waals surface area contributed by atoms with Crippen LogP contribution in [0.25, 0.3) is 0 Å². The molecule has 0 saturated carbocycles. The maximum atomic E-state index is 13.4. The molecule has 2 aliphatic heterocycles. The number of likely N-dealkylation sites (tertiary alicyclic amines) is 1. The number of carbonyl (C=O) groups is 3. The van der Waals surface area contributed by atoms with E-state index >= 15 is 0 Å². The van der Waals surface area contributed by atoms with Gasteiger partial charge in [0.25, 0.3) is 0 Å². The topological polar surface area (TPSA) is 91.4 Å². The zero-order chi connectivity index (χ0) is 23.3. The molecule has 7 heteroatoms. The number of anilines is 1. The Balaban J connectivity index is 1.42. The lowest BCUT2D eigenvalue weighted by molar-refractivity contribution is -0.135. The predicted octanol–water partition coefficient (Wildman–Crippen LogP) is 3.46. The number of hydrogen-bond donors (Lipinski definition) is 2. The largest absolute Gasteiger partial charge is 0.349 e. The van der Waals surface area contributed by atoms with Gasteiger partial charge in [0, 0.05) is 31.5 Å². The first-order valence-corrected chi connectivity index (χ1v) is 11.8. The second-order valence-electron chi connectivity index (χ2n) is 9.34. The first-order chi connectivity index (χ1) is 15.9. The summed E-state index contributed by atoms with van der Waals surface area (Å²) in [5.41, 5.74) is 0.764. The fraction of sp³-hybridized carbons (Fsp3) is 0.462. The van der Waals surface area contributed by atoms with E-state index in [4.69, 9.17) is 0 Å². The van der Waals surface area contributed by atoms with E-state index in [9.17, 15) is 14.4 Å². The number of pyridine rings is 1. The summed E-state index contributed by atoms with van der Waals surface area (Å²) in [6.45, 7) is 2.08. The molecule has 33 heavy (non-hydrogen) atoms. The number of nitrogens with one attached hydrogen (secondary N) is 2. The van der Waals surface area contributed by atoms with Crippen LogP contribution in [0.15, 0.2) is 54.7 Å². The zero-order valence-corrected chi connectivity index (χ0v) is 19.1. The minimum atomic E-state index is -0.418. The van der Waals surface area contributed by atoms with Gasteiger partial charge in [0.15, 0.2) is 0 Å². The Morgan fingerprint density at radius 1 is 1.15 bits per heavy atom. The molecule has 2 aliphatic rings. The fourth-order valence-electron chi connectivity index (χ4n) is 5.32. The molecule has 2 aromatic rings. The molecule has 3 amide bonds. The normalized spacial score (nSPS) is 24.5. The van der Waals surface area contributed by atoms with Crippen LogP contribution in [0.5, 0.6) is 0 Å². The number of aromatic nitrogens is 1. The Kier molecular flexibility index (Phi) is 7.06. The van der Waals surface area contributed by atoms with E-state index in [0.717, 1.165) is 25.7 Å². The summed E-state index contributed by atoms with van der Waals surface area (Å²) >= 11 is 0. The first kappa shape index (κ1) is 23.0. The van der Waals surface area contributed by atoms with Crippen LogP contribution in [0, 0.1) is 0 Å². The van der Waals surface area contributed by atoms with Gasteiger partial charge < -0.3 is 15.5 Å². The SMILES string of the molecule is C[C@]12C[C@@H](Cc3ccccc3)N(C(=O)CCCC(=O)Nc3ccccn3)[C@H]1CCCC(=O)N2. The number of rotatable bonds is 7. The Bertz CT molecular complexity index is 982. The van der Waals surface area contributed by atoms with Gasteiger partial charge >= 0.3 is 0 Å². The van der Waals surface area contributed by atoms with Crippen LogP contribution >= 0.6 is 0 Å². The third-order valence-electron chi connectivity index (χ3n) is 6.76. The van der Waals surface area contributed by atoms with Crippen LogP contribution in [0.2, 0.25) is 0 Å². The molecule has 0 radical (unpaired) electrons. The average molecular weight is 449 g/mol. The van der Waals surface area contributed by atoms with Gasteiger partial charge in [0.1, 0.15) is 5.82 Å². The third-order valence-corrected chi connectivity index (χ3v) is 6.76. The van der Waals surface area contributed by atoms with Crippen LogP contribution < -0.4 is 10.6 Å². The minimum Gasteiger partial charge on any atom is -0.349 e. The van der Waals surface area contributed by atoms with E-state index in [0.29, 0.717) is 25.1 Å². The van der Waals surface area contributed by atoms with Crippen molar-refractivity contribution in [1.29, 1.82) is 0 Å². The van der Waals surface area contributed by atoms with Crippen LogP contribution in [0.4, 0.5) is 5.82 Å². The summed E-state index contributed by atoms with van der Waals surface area (Å²) in [5.74, 6) is 0.502. The Hall–Kier alpha value is -3.22. The summed E-state index contributed by atoms with van der Waals surface area (Å²) in [6.07, 6.45) is 6.26. The van der Waals surface area contributed by atoms with Crippen LogP contribution in [-0.2, 0) is 20.8 Å². The van der Waals surface area contributed by atoms with Crippen molar-refractivity contribution in [3.63, 3.8) is 0 Å². The molecule has 4 rings (SSSR count). The molecule has 7 nitrogen and oxygen atoms in total. The predicted molar refractivity (Wildman–Crippen MR) is 126 cm³/mol. The van der Waals surface area contributed by atoms with E-state index in [2.05, 4.69) is 34.7 Å². The van der Waals surface area contributed by atoms with E-state index in [-0.39, 0.29) is 36.2 Å². The highest BCUT2D eigenvalue weighted by atomic mass is 16.2. The number of hydrogen-bond acceptors (Lipinski definition) is 4. The van der Waals surface area contributed by atoms with Gasteiger partial charge in [0.05, 0.1) is 11.6 Å². The van der Waals surface area contributed by atoms with Gasteiger partial charge in [-0.25, -0.2) is 4.98 Å². The van der Waals surface area contributed by atoms with Crippen molar-refractivity contribution >= 4 is 23.5 Å². The van der Waals surface area contributed by atoms with Gasteiger partial charge in [-0.15, -0.1) is 0 Å². The number of nitrogens with zero attached hydrogens (tertiary/aromatic N) is 2. The maximum Gasteiger partial charge on any atom is 0.225 e. The Labute approximate surface area is 195 Å². The maximum absolute atomic E-state index is 13.4. The first-order valence-electron chi connectivity index (χ1n) is 11.8. The summed E-state index contributed by atoms with van der Waals surface area (Å²) in [4.78, 5) is 44.1. The van der Waals surface area contributed by atoms with E-state index in [1.54, 1.807) is 18.3 Å². The van der Waals surface area contributed by atoms with Crippen molar-refractivity contribution in [3.05, 3.63) is 60.3 Å². The van der Waals surface area contributed by atoms with Gasteiger partial charge in [-0.3, -0.25) is 14.4 Å².